The van der Waals surface area contributed by atoms with Gasteiger partial charge in [0, 0.05) is 18.3 Å². The molecular formula is C16H29N. The van der Waals surface area contributed by atoms with E-state index in [-0.39, 0.29) is 0 Å². The lowest BCUT2D eigenvalue weighted by Crippen LogP contribution is -2.30. The summed E-state index contributed by atoms with van der Waals surface area (Å²) in [5.41, 5.74) is 2.34. The number of nitrogens with zero attached hydrogens (tertiary/aromatic N) is 1. The highest BCUT2D eigenvalue weighted by molar-refractivity contribution is 5.10. The van der Waals surface area contributed by atoms with E-state index in [1.165, 1.54) is 37.7 Å². The zero-order chi connectivity index (χ0) is 13.3. The Morgan fingerprint density at radius 1 is 1.12 bits per heavy atom. The summed E-state index contributed by atoms with van der Waals surface area (Å²) < 4.78 is 0. The van der Waals surface area contributed by atoms with Crippen molar-refractivity contribution in [3.63, 3.8) is 0 Å². The van der Waals surface area contributed by atoms with Crippen LogP contribution in [-0.4, -0.2) is 17.5 Å². The Bertz CT molecular complexity index is 250. The first-order chi connectivity index (χ1) is 7.99. The van der Waals surface area contributed by atoms with Gasteiger partial charge >= 0.3 is 0 Å². The van der Waals surface area contributed by atoms with Gasteiger partial charge in [-0.2, -0.15) is 0 Å². The van der Waals surface area contributed by atoms with E-state index in [2.05, 4.69) is 45.4 Å². The van der Waals surface area contributed by atoms with E-state index >= 15 is 0 Å². The van der Waals surface area contributed by atoms with E-state index in [1.807, 2.05) is 6.08 Å². The van der Waals surface area contributed by atoms with Gasteiger partial charge < -0.3 is 4.90 Å². The maximum absolute atomic E-state index is 4.03. The lowest BCUT2D eigenvalue weighted by atomic mass is 10.1. The summed E-state index contributed by atoms with van der Waals surface area (Å²) in [7, 11) is 0. The number of unbranched alkanes of at least 4 members (excludes halogenated alkanes) is 3. The lowest BCUT2D eigenvalue weighted by molar-refractivity contribution is 0.286. The molecule has 0 aromatic heterocycles. The number of allylic oxidation sites excluding steroid dienone is 2. The van der Waals surface area contributed by atoms with Crippen LogP contribution in [0.5, 0.6) is 0 Å². The van der Waals surface area contributed by atoms with Crippen LogP contribution >= 0.6 is 0 Å². The van der Waals surface area contributed by atoms with Gasteiger partial charge in [0.1, 0.15) is 0 Å². The molecule has 0 amide bonds. The van der Waals surface area contributed by atoms with Crippen molar-refractivity contribution in [1.82, 2.24) is 4.90 Å². The topological polar surface area (TPSA) is 3.24 Å². The van der Waals surface area contributed by atoms with Gasteiger partial charge in [-0.25, -0.2) is 0 Å². The molecule has 0 spiro atoms. The normalized spacial score (nSPS) is 10.4. The first-order valence-corrected chi connectivity index (χ1v) is 6.71. The molecule has 1 nitrogen and oxygen atoms in total. The van der Waals surface area contributed by atoms with Crippen molar-refractivity contribution in [3.05, 3.63) is 37.1 Å². The fourth-order valence-corrected chi connectivity index (χ4v) is 1.91. The highest BCUT2D eigenvalue weighted by Gasteiger charge is 2.08. The molecule has 0 N–H and O–H groups in total. The van der Waals surface area contributed by atoms with Gasteiger partial charge in [-0.1, -0.05) is 31.6 Å². The van der Waals surface area contributed by atoms with Gasteiger partial charge in [-0.3, -0.25) is 0 Å². The van der Waals surface area contributed by atoms with Crippen molar-refractivity contribution < 1.29 is 0 Å². The minimum Gasteiger partial charge on any atom is -0.370 e. The molecular weight excluding hydrogens is 206 g/mol. The van der Waals surface area contributed by atoms with Crippen molar-refractivity contribution in [2.45, 2.75) is 58.9 Å². The molecule has 0 aromatic carbocycles. The van der Waals surface area contributed by atoms with E-state index in [4.69, 9.17) is 0 Å². The summed E-state index contributed by atoms with van der Waals surface area (Å²) in [6.45, 7) is 19.4. The maximum Gasteiger partial charge on any atom is 0.0289 e. The van der Waals surface area contributed by atoms with Gasteiger partial charge in [-0.05, 0) is 46.1 Å². The van der Waals surface area contributed by atoms with Gasteiger partial charge in [0.25, 0.3) is 0 Å². The quantitative estimate of drug-likeness (QED) is 0.295. The third-order valence-electron chi connectivity index (χ3n) is 2.98. The van der Waals surface area contributed by atoms with Crippen molar-refractivity contribution in [1.29, 1.82) is 0 Å². The van der Waals surface area contributed by atoms with Crippen molar-refractivity contribution in [2.75, 3.05) is 6.54 Å². The molecule has 0 aliphatic heterocycles. The Balaban J connectivity index is 3.72. The van der Waals surface area contributed by atoms with Crippen LogP contribution in [0.15, 0.2) is 37.1 Å². The van der Waals surface area contributed by atoms with Gasteiger partial charge in [0.2, 0.25) is 0 Å². The summed E-state index contributed by atoms with van der Waals surface area (Å²) in [6, 6.07) is 0.510. The second kappa shape index (κ2) is 9.09. The number of hydrogen-bond acceptors (Lipinski definition) is 1. The van der Waals surface area contributed by atoms with Crippen LogP contribution in [-0.2, 0) is 0 Å². The summed E-state index contributed by atoms with van der Waals surface area (Å²) in [5.74, 6) is 0. The first kappa shape index (κ1) is 16.0. The molecule has 0 saturated carbocycles. The molecule has 0 saturated heterocycles. The molecule has 0 fully saturated rings. The Morgan fingerprint density at radius 2 is 1.71 bits per heavy atom. The second-order valence-corrected chi connectivity index (χ2v) is 5.10. The molecule has 0 aliphatic carbocycles. The summed E-state index contributed by atoms with van der Waals surface area (Å²) in [5, 5.41) is 0. The monoisotopic (exact) mass is 235 g/mol. The van der Waals surface area contributed by atoms with E-state index in [0.29, 0.717) is 6.04 Å². The molecule has 98 valence electrons. The van der Waals surface area contributed by atoms with Crippen LogP contribution in [0.2, 0.25) is 0 Å². The van der Waals surface area contributed by atoms with Gasteiger partial charge in [-0.15, -0.1) is 6.58 Å². The number of hydrogen-bond donors (Lipinski definition) is 0. The van der Waals surface area contributed by atoms with Crippen LogP contribution in [0.1, 0.15) is 52.9 Å². The fraction of sp³-hybridized carbons (Fsp3) is 0.625. The molecule has 0 unspecified atom stereocenters. The van der Waals surface area contributed by atoms with Crippen LogP contribution in [0.3, 0.4) is 0 Å². The fourth-order valence-electron chi connectivity index (χ4n) is 1.91. The molecule has 0 radical (unpaired) electrons. The Hall–Kier alpha value is -0.980. The summed E-state index contributed by atoms with van der Waals surface area (Å²) >= 11 is 0. The summed E-state index contributed by atoms with van der Waals surface area (Å²) in [6.07, 6.45) is 8.13. The molecule has 1 heteroatoms. The smallest absolute Gasteiger partial charge is 0.0289 e. The minimum atomic E-state index is 0.510. The molecule has 17 heavy (non-hydrogen) atoms. The van der Waals surface area contributed by atoms with Crippen LogP contribution in [0.4, 0.5) is 0 Å². The van der Waals surface area contributed by atoms with Crippen LogP contribution < -0.4 is 0 Å². The summed E-state index contributed by atoms with van der Waals surface area (Å²) in [4.78, 5) is 2.33. The first-order valence-electron chi connectivity index (χ1n) is 6.71. The third-order valence-corrected chi connectivity index (χ3v) is 2.98. The number of rotatable bonds is 10. The maximum atomic E-state index is 4.03. The van der Waals surface area contributed by atoms with E-state index in [1.54, 1.807) is 0 Å². The Kier molecular flexibility index (Phi) is 8.57. The highest BCUT2D eigenvalue weighted by atomic mass is 15.1. The molecule has 0 heterocycles. The SMILES string of the molecule is C=CC(=C)N(CCCCCCC(=C)C)C(C)C. The average Bonchev–Trinajstić information content (AvgIpc) is 2.26. The van der Waals surface area contributed by atoms with Crippen LogP contribution in [0, 0.1) is 0 Å². The molecule has 0 bridgehead atoms. The second-order valence-electron chi connectivity index (χ2n) is 5.10. The highest BCUT2D eigenvalue weighted by Crippen LogP contribution is 2.12. The molecule has 0 aliphatic rings. The predicted molar refractivity (Wildman–Crippen MR) is 79.1 cm³/mol. The van der Waals surface area contributed by atoms with E-state index in [9.17, 15) is 0 Å². The average molecular weight is 235 g/mol. The predicted octanol–water partition coefficient (Wildman–Crippen LogP) is 4.92. The van der Waals surface area contributed by atoms with Crippen molar-refractivity contribution in [2.24, 2.45) is 0 Å². The van der Waals surface area contributed by atoms with Gasteiger partial charge in [0.15, 0.2) is 0 Å². The van der Waals surface area contributed by atoms with Crippen molar-refractivity contribution in [3.8, 4) is 0 Å². The van der Waals surface area contributed by atoms with E-state index < -0.39 is 0 Å². The third kappa shape index (κ3) is 7.84. The van der Waals surface area contributed by atoms with Gasteiger partial charge in [0.05, 0.1) is 0 Å². The largest absolute Gasteiger partial charge is 0.370 e. The minimum absolute atomic E-state index is 0.510. The Morgan fingerprint density at radius 3 is 2.18 bits per heavy atom. The lowest BCUT2D eigenvalue weighted by Gasteiger charge is -2.29. The zero-order valence-electron chi connectivity index (χ0n) is 12.0. The van der Waals surface area contributed by atoms with Crippen molar-refractivity contribution >= 4 is 0 Å². The molecule has 0 rings (SSSR count). The van der Waals surface area contributed by atoms with E-state index in [0.717, 1.165) is 12.2 Å². The molecule has 0 aromatic rings. The van der Waals surface area contributed by atoms with Crippen LogP contribution in [0.25, 0.3) is 0 Å². The zero-order valence-corrected chi connectivity index (χ0v) is 12.0. The standard InChI is InChI=1S/C16H29N/c1-7-16(6)17(15(4)5)13-11-9-8-10-12-14(2)3/h7,15H,1-2,6,8-13H2,3-5H3. The molecule has 0 atom stereocenters. The Labute approximate surface area is 108 Å².